The minimum absolute atomic E-state index is 0.0275. The summed E-state index contributed by atoms with van der Waals surface area (Å²) in [6.45, 7) is 0. The summed E-state index contributed by atoms with van der Waals surface area (Å²) in [5, 5.41) is 0. The molecule has 18 heavy (non-hydrogen) atoms. The Bertz CT molecular complexity index is 435. The minimum atomic E-state index is -0.697. The molecule has 0 bridgehead atoms. The highest BCUT2D eigenvalue weighted by Gasteiger charge is 2.34. The summed E-state index contributed by atoms with van der Waals surface area (Å²) < 4.78 is 13.9. The number of rotatable bonds is 3. The zero-order valence-corrected chi connectivity index (χ0v) is 11.8. The van der Waals surface area contributed by atoms with Gasteiger partial charge in [0.15, 0.2) is 5.78 Å². The van der Waals surface area contributed by atoms with Crippen LogP contribution in [-0.2, 0) is 11.2 Å². The van der Waals surface area contributed by atoms with E-state index in [9.17, 15) is 9.18 Å². The van der Waals surface area contributed by atoms with Crippen molar-refractivity contribution in [2.75, 3.05) is 0 Å². The summed E-state index contributed by atoms with van der Waals surface area (Å²) >= 11 is 3.23. The van der Waals surface area contributed by atoms with E-state index >= 15 is 0 Å². The highest BCUT2D eigenvalue weighted by Crippen LogP contribution is 2.28. The van der Waals surface area contributed by atoms with Gasteiger partial charge in [-0.2, -0.15) is 0 Å². The van der Waals surface area contributed by atoms with E-state index in [0.717, 1.165) is 32.1 Å². The Hall–Kier alpha value is -0.740. The first-order chi connectivity index (χ1) is 8.49. The van der Waals surface area contributed by atoms with Crippen molar-refractivity contribution >= 4 is 21.7 Å². The van der Waals surface area contributed by atoms with Gasteiger partial charge in [-0.1, -0.05) is 35.2 Å². The molecule has 1 fully saturated rings. The van der Waals surface area contributed by atoms with Crippen LogP contribution in [0, 0.1) is 5.82 Å². The van der Waals surface area contributed by atoms with Gasteiger partial charge in [-0.25, -0.2) is 4.39 Å². The number of carbonyl (C=O) groups excluding carboxylic acids is 1. The molecule has 0 heterocycles. The molecule has 98 valence electrons. The van der Waals surface area contributed by atoms with Gasteiger partial charge < -0.3 is 5.73 Å². The van der Waals surface area contributed by atoms with Crippen molar-refractivity contribution in [3.05, 3.63) is 34.1 Å². The number of carbonyl (C=O) groups is 1. The van der Waals surface area contributed by atoms with Crippen LogP contribution in [0.1, 0.15) is 37.7 Å². The molecule has 1 saturated carbocycles. The number of nitrogens with two attached hydrogens (primary N) is 1. The third kappa shape index (κ3) is 3.18. The van der Waals surface area contributed by atoms with E-state index in [1.165, 1.54) is 12.1 Å². The number of Topliss-reactive ketones (excluding diaryl/α,β-unsaturated/α-hetero) is 1. The molecule has 2 N–H and O–H groups in total. The van der Waals surface area contributed by atoms with E-state index in [2.05, 4.69) is 15.9 Å². The van der Waals surface area contributed by atoms with Crippen LogP contribution in [0.4, 0.5) is 4.39 Å². The zero-order valence-electron chi connectivity index (χ0n) is 10.2. The molecule has 2 rings (SSSR count). The fourth-order valence-electron chi connectivity index (χ4n) is 2.54. The maximum absolute atomic E-state index is 13.2. The molecule has 0 saturated heterocycles. The first-order valence-corrected chi connectivity index (χ1v) is 7.06. The summed E-state index contributed by atoms with van der Waals surface area (Å²) in [6.07, 6.45) is 4.89. The molecule has 4 heteroatoms. The number of benzene rings is 1. The molecular weight excluding hydrogens is 297 g/mol. The van der Waals surface area contributed by atoms with Crippen LogP contribution in [0.5, 0.6) is 0 Å². The van der Waals surface area contributed by atoms with Gasteiger partial charge in [0.1, 0.15) is 5.82 Å². The Morgan fingerprint density at radius 3 is 2.56 bits per heavy atom. The van der Waals surface area contributed by atoms with Gasteiger partial charge in [0, 0.05) is 10.9 Å². The lowest BCUT2D eigenvalue weighted by Gasteiger charge is -2.31. The zero-order chi connectivity index (χ0) is 13.2. The average molecular weight is 314 g/mol. The molecule has 0 aromatic heterocycles. The molecule has 1 aliphatic rings. The van der Waals surface area contributed by atoms with Gasteiger partial charge in [-0.3, -0.25) is 4.79 Å². The van der Waals surface area contributed by atoms with Gasteiger partial charge in [0.2, 0.25) is 0 Å². The second-order valence-corrected chi connectivity index (χ2v) is 6.01. The third-order valence-corrected chi connectivity index (χ3v) is 4.05. The Balaban J connectivity index is 2.10. The second-order valence-electron chi connectivity index (χ2n) is 5.09. The quantitative estimate of drug-likeness (QED) is 0.929. The SMILES string of the molecule is NC1(C(=O)Cc2cc(F)cc(Br)c2)CCCCC1. The number of hydrogen-bond donors (Lipinski definition) is 1. The van der Waals surface area contributed by atoms with Crippen LogP contribution in [0.3, 0.4) is 0 Å². The van der Waals surface area contributed by atoms with Crippen molar-refractivity contribution in [3.63, 3.8) is 0 Å². The molecule has 0 spiro atoms. The number of hydrogen-bond acceptors (Lipinski definition) is 2. The Kier molecular flexibility index (Phi) is 4.17. The van der Waals surface area contributed by atoms with Gasteiger partial charge in [0.05, 0.1) is 5.54 Å². The predicted molar refractivity (Wildman–Crippen MR) is 72.8 cm³/mol. The molecule has 1 aromatic rings. The van der Waals surface area contributed by atoms with Crippen molar-refractivity contribution in [1.82, 2.24) is 0 Å². The molecular formula is C14H17BrFNO. The van der Waals surface area contributed by atoms with Crippen molar-refractivity contribution in [2.45, 2.75) is 44.1 Å². The number of halogens is 2. The molecule has 1 aromatic carbocycles. The van der Waals surface area contributed by atoms with Crippen molar-refractivity contribution in [2.24, 2.45) is 5.73 Å². The molecule has 0 atom stereocenters. The normalized spacial score (nSPS) is 18.6. The Morgan fingerprint density at radius 2 is 1.94 bits per heavy atom. The molecule has 0 amide bonds. The Morgan fingerprint density at radius 1 is 1.28 bits per heavy atom. The van der Waals surface area contributed by atoms with Gasteiger partial charge in [0.25, 0.3) is 0 Å². The van der Waals surface area contributed by atoms with Crippen LogP contribution in [-0.4, -0.2) is 11.3 Å². The van der Waals surface area contributed by atoms with Crippen molar-refractivity contribution < 1.29 is 9.18 Å². The largest absolute Gasteiger partial charge is 0.319 e. The van der Waals surface area contributed by atoms with E-state index in [1.807, 2.05) is 0 Å². The van der Waals surface area contributed by atoms with Crippen LogP contribution < -0.4 is 5.73 Å². The standard InChI is InChI=1S/C14H17BrFNO/c15-11-6-10(7-12(16)9-11)8-13(18)14(17)4-2-1-3-5-14/h6-7,9H,1-5,8,17H2. The molecule has 1 aliphatic carbocycles. The van der Waals surface area contributed by atoms with E-state index < -0.39 is 5.54 Å². The fourth-order valence-corrected chi connectivity index (χ4v) is 3.05. The first kappa shape index (κ1) is 13.7. The average Bonchev–Trinajstić information content (AvgIpc) is 2.28. The fraction of sp³-hybridized carbons (Fsp3) is 0.500. The Labute approximate surface area is 115 Å². The lowest BCUT2D eigenvalue weighted by molar-refractivity contribution is -0.124. The van der Waals surface area contributed by atoms with Gasteiger partial charge >= 0.3 is 0 Å². The predicted octanol–water partition coefficient (Wildman–Crippen LogP) is 3.36. The summed E-state index contributed by atoms with van der Waals surface area (Å²) in [4.78, 5) is 12.2. The highest BCUT2D eigenvalue weighted by atomic mass is 79.9. The second kappa shape index (κ2) is 5.49. The van der Waals surface area contributed by atoms with E-state index in [0.29, 0.717) is 10.0 Å². The molecule has 0 radical (unpaired) electrons. The number of ketones is 1. The van der Waals surface area contributed by atoms with Crippen LogP contribution in [0.25, 0.3) is 0 Å². The van der Waals surface area contributed by atoms with E-state index in [-0.39, 0.29) is 18.0 Å². The smallest absolute Gasteiger partial charge is 0.156 e. The lowest BCUT2D eigenvalue weighted by atomic mass is 9.78. The maximum Gasteiger partial charge on any atom is 0.156 e. The minimum Gasteiger partial charge on any atom is -0.319 e. The molecule has 0 unspecified atom stereocenters. The molecule has 2 nitrogen and oxygen atoms in total. The van der Waals surface area contributed by atoms with Crippen LogP contribution in [0.15, 0.2) is 22.7 Å². The highest BCUT2D eigenvalue weighted by molar-refractivity contribution is 9.10. The molecule has 0 aliphatic heterocycles. The van der Waals surface area contributed by atoms with Crippen molar-refractivity contribution in [3.8, 4) is 0 Å². The van der Waals surface area contributed by atoms with Gasteiger partial charge in [-0.05, 0) is 36.6 Å². The maximum atomic E-state index is 13.2. The van der Waals surface area contributed by atoms with Crippen molar-refractivity contribution in [1.29, 1.82) is 0 Å². The van der Waals surface area contributed by atoms with Crippen LogP contribution in [0.2, 0.25) is 0 Å². The summed E-state index contributed by atoms with van der Waals surface area (Å²) in [7, 11) is 0. The summed E-state index contributed by atoms with van der Waals surface area (Å²) in [5.41, 5.74) is 6.16. The topological polar surface area (TPSA) is 43.1 Å². The lowest BCUT2D eigenvalue weighted by Crippen LogP contribution is -2.50. The van der Waals surface area contributed by atoms with E-state index in [1.54, 1.807) is 6.07 Å². The van der Waals surface area contributed by atoms with E-state index in [4.69, 9.17) is 5.73 Å². The first-order valence-electron chi connectivity index (χ1n) is 6.27. The third-order valence-electron chi connectivity index (χ3n) is 3.59. The summed E-state index contributed by atoms with van der Waals surface area (Å²) in [5.74, 6) is -0.304. The summed E-state index contributed by atoms with van der Waals surface area (Å²) in [6, 6.07) is 4.55. The van der Waals surface area contributed by atoms with Crippen LogP contribution >= 0.6 is 15.9 Å². The van der Waals surface area contributed by atoms with Gasteiger partial charge in [-0.15, -0.1) is 0 Å². The monoisotopic (exact) mass is 313 g/mol.